The maximum absolute atomic E-state index is 11.1. The molecule has 0 radical (unpaired) electrons. The van der Waals surface area contributed by atoms with Crippen molar-refractivity contribution in [2.75, 3.05) is 17.6 Å². The van der Waals surface area contributed by atoms with Gasteiger partial charge in [-0.2, -0.15) is 0 Å². The van der Waals surface area contributed by atoms with Gasteiger partial charge >= 0.3 is 0 Å². The van der Waals surface area contributed by atoms with Gasteiger partial charge in [0.15, 0.2) is 0 Å². The molecular weight excluding hydrogens is 242 g/mol. The number of piperidine rings is 1. The van der Waals surface area contributed by atoms with Crippen LogP contribution in [0.1, 0.15) is 12.8 Å². The molecule has 1 unspecified atom stereocenters. The quantitative estimate of drug-likeness (QED) is 0.695. The number of anilines is 2. The van der Waals surface area contributed by atoms with Crippen molar-refractivity contribution in [1.29, 1.82) is 0 Å². The molecule has 1 aromatic carbocycles. The van der Waals surface area contributed by atoms with E-state index < -0.39 is 0 Å². The molecule has 0 spiro atoms. The summed E-state index contributed by atoms with van der Waals surface area (Å²) in [5.74, 6) is 0.893. The fourth-order valence-corrected chi connectivity index (χ4v) is 2.24. The minimum atomic E-state index is 0.110. The predicted molar refractivity (Wildman–Crippen MR) is 73.6 cm³/mol. The van der Waals surface area contributed by atoms with Crippen LogP contribution >= 0.6 is 0 Å². The molecule has 1 saturated heterocycles. The number of nitrogens with two attached hydrogens (primary N) is 1. The standard InChI is InChI=1S/C13H15N5O/c14-8-1-3-10-11(5-8)16-7-17-13(10)18-9-2-4-12(19)15-6-9/h1,3,5,7,9H,2,4,6,14H2,(H,15,19)(H,16,17,18). The van der Waals surface area contributed by atoms with E-state index in [0.29, 0.717) is 18.7 Å². The van der Waals surface area contributed by atoms with Gasteiger partial charge in [0.05, 0.1) is 5.52 Å². The molecule has 2 aromatic rings. The zero-order valence-corrected chi connectivity index (χ0v) is 10.4. The Morgan fingerprint density at radius 1 is 1.37 bits per heavy atom. The summed E-state index contributed by atoms with van der Waals surface area (Å²) >= 11 is 0. The van der Waals surface area contributed by atoms with Crippen molar-refractivity contribution in [2.45, 2.75) is 18.9 Å². The molecule has 0 saturated carbocycles. The molecular formula is C13H15N5O. The van der Waals surface area contributed by atoms with Crippen LogP contribution < -0.4 is 16.4 Å². The second-order valence-corrected chi connectivity index (χ2v) is 4.68. The van der Waals surface area contributed by atoms with Crippen LogP contribution in [0.25, 0.3) is 10.9 Å². The number of carbonyl (C=O) groups excluding carboxylic acids is 1. The molecule has 4 N–H and O–H groups in total. The van der Waals surface area contributed by atoms with E-state index in [1.165, 1.54) is 6.33 Å². The molecule has 2 heterocycles. The second kappa shape index (κ2) is 4.72. The molecule has 1 aliphatic rings. The van der Waals surface area contributed by atoms with Crippen LogP contribution in [-0.4, -0.2) is 28.5 Å². The number of nitrogen functional groups attached to an aromatic ring is 1. The number of hydrogen-bond acceptors (Lipinski definition) is 5. The molecule has 6 nitrogen and oxygen atoms in total. The van der Waals surface area contributed by atoms with Crippen molar-refractivity contribution < 1.29 is 4.79 Å². The van der Waals surface area contributed by atoms with Crippen LogP contribution in [0.5, 0.6) is 0 Å². The van der Waals surface area contributed by atoms with Crippen LogP contribution in [0.15, 0.2) is 24.5 Å². The minimum Gasteiger partial charge on any atom is -0.399 e. The molecule has 1 atom stereocenters. The number of benzene rings is 1. The summed E-state index contributed by atoms with van der Waals surface area (Å²) in [6, 6.07) is 5.77. The van der Waals surface area contributed by atoms with Crippen LogP contribution in [0, 0.1) is 0 Å². The van der Waals surface area contributed by atoms with Gasteiger partial charge in [-0.3, -0.25) is 4.79 Å². The number of carbonyl (C=O) groups is 1. The first-order chi connectivity index (χ1) is 9.22. The molecule has 1 amide bonds. The number of rotatable bonds is 2. The van der Waals surface area contributed by atoms with E-state index in [1.807, 2.05) is 18.2 Å². The lowest BCUT2D eigenvalue weighted by Crippen LogP contribution is -2.42. The molecule has 6 heteroatoms. The average Bonchev–Trinajstić information content (AvgIpc) is 2.41. The Morgan fingerprint density at radius 2 is 2.26 bits per heavy atom. The first kappa shape index (κ1) is 11.7. The van der Waals surface area contributed by atoms with Gasteiger partial charge in [0.25, 0.3) is 0 Å². The highest BCUT2D eigenvalue weighted by atomic mass is 16.1. The SMILES string of the molecule is Nc1ccc2c(NC3CCC(=O)NC3)ncnc2c1. The maximum Gasteiger partial charge on any atom is 0.220 e. The van der Waals surface area contributed by atoms with Crippen molar-refractivity contribution >= 4 is 28.3 Å². The van der Waals surface area contributed by atoms with Crippen LogP contribution in [0.4, 0.5) is 11.5 Å². The van der Waals surface area contributed by atoms with Crippen LogP contribution in [0.3, 0.4) is 0 Å². The average molecular weight is 257 g/mol. The maximum atomic E-state index is 11.1. The summed E-state index contributed by atoms with van der Waals surface area (Å²) in [6.45, 7) is 0.624. The Bertz CT molecular complexity index is 617. The topological polar surface area (TPSA) is 92.9 Å². The van der Waals surface area contributed by atoms with E-state index in [0.717, 1.165) is 23.1 Å². The van der Waals surface area contributed by atoms with Gasteiger partial charge < -0.3 is 16.4 Å². The zero-order valence-electron chi connectivity index (χ0n) is 10.4. The van der Waals surface area contributed by atoms with Gasteiger partial charge in [-0.15, -0.1) is 0 Å². The van der Waals surface area contributed by atoms with Crippen molar-refractivity contribution in [1.82, 2.24) is 15.3 Å². The van der Waals surface area contributed by atoms with E-state index in [4.69, 9.17) is 5.73 Å². The lowest BCUT2D eigenvalue weighted by molar-refractivity contribution is -0.122. The fourth-order valence-electron chi connectivity index (χ4n) is 2.24. The third kappa shape index (κ3) is 2.42. The molecule has 1 aliphatic heterocycles. The number of amides is 1. The van der Waals surface area contributed by atoms with Crippen molar-refractivity contribution in [3.8, 4) is 0 Å². The Hall–Kier alpha value is -2.37. The first-order valence-corrected chi connectivity index (χ1v) is 6.26. The second-order valence-electron chi connectivity index (χ2n) is 4.68. The van der Waals surface area contributed by atoms with Crippen molar-refractivity contribution in [2.24, 2.45) is 0 Å². The minimum absolute atomic E-state index is 0.110. The number of aromatic nitrogens is 2. The summed E-state index contributed by atoms with van der Waals surface area (Å²) in [5.41, 5.74) is 7.24. The molecule has 0 bridgehead atoms. The van der Waals surface area contributed by atoms with Crippen LogP contribution in [-0.2, 0) is 4.79 Å². The van der Waals surface area contributed by atoms with Gasteiger partial charge in [-0.25, -0.2) is 9.97 Å². The molecule has 3 rings (SSSR count). The highest BCUT2D eigenvalue weighted by molar-refractivity contribution is 5.90. The van der Waals surface area contributed by atoms with Crippen molar-refractivity contribution in [3.63, 3.8) is 0 Å². The van der Waals surface area contributed by atoms with E-state index in [9.17, 15) is 4.79 Å². The monoisotopic (exact) mass is 257 g/mol. The first-order valence-electron chi connectivity index (χ1n) is 6.26. The third-order valence-electron chi connectivity index (χ3n) is 3.27. The van der Waals surface area contributed by atoms with E-state index in [1.54, 1.807) is 0 Å². The number of nitrogens with zero attached hydrogens (tertiary/aromatic N) is 2. The van der Waals surface area contributed by atoms with E-state index in [-0.39, 0.29) is 11.9 Å². The van der Waals surface area contributed by atoms with Crippen molar-refractivity contribution in [3.05, 3.63) is 24.5 Å². The number of hydrogen-bond donors (Lipinski definition) is 3. The predicted octanol–water partition coefficient (Wildman–Crippen LogP) is 0.902. The summed E-state index contributed by atoms with van der Waals surface area (Å²) in [4.78, 5) is 19.6. The lowest BCUT2D eigenvalue weighted by Gasteiger charge is -2.24. The Morgan fingerprint density at radius 3 is 3.05 bits per heavy atom. The highest BCUT2D eigenvalue weighted by Gasteiger charge is 2.18. The Kier molecular flexibility index (Phi) is 2.91. The smallest absolute Gasteiger partial charge is 0.220 e. The van der Waals surface area contributed by atoms with Crippen LogP contribution in [0.2, 0.25) is 0 Å². The van der Waals surface area contributed by atoms with Gasteiger partial charge in [-0.1, -0.05) is 0 Å². The summed E-state index contributed by atoms with van der Waals surface area (Å²) in [6.07, 6.45) is 2.88. The van der Waals surface area contributed by atoms with Gasteiger partial charge in [-0.05, 0) is 24.6 Å². The Balaban J connectivity index is 1.86. The molecule has 1 fully saturated rings. The third-order valence-corrected chi connectivity index (χ3v) is 3.27. The largest absolute Gasteiger partial charge is 0.399 e. The summed E-state index contributed by atoms with van der Waals surface area (Å²) in [7, 11) is 0. The Labute approximate surface area is 110 Å². The summed E-state index contributed by atoms with van der Waals surface area (Å²) < 4.78 is 0. The normalized spacial score (nSPS) is 19.2. The summed E-state index contributed by atoms with van der Waals surface area (Å²) in [5, 5.41) is 7.14. The van der Waals surface area contributed by atoms with Gasteiger partial charge in [0.2, 0.25) is 5.91 Å². The number of fused-ring (bicyclic) bond motifs is 1. The molecule has 1 aromatic heterocycles. The molecule has 0 aliphatic carbocycles. The van der Waals surface area contributed by atoms with E-state index >= 15 is 0 Å². The number of nitrogens with one attached hydrogen (secondary N) is 2. The van der Waals surface area contributed by atoms with E-state index in [2.05, 4.69) is 20.6 Å². The zero-order chi connectivity index (χ0) is 13.2. The molecule has 98 valence electrons. The molecule has 19 heavy (non-hydrogen) atoms. The highest BCUT2D eigenvalue weighted by Crippen LogP contribution is 2.22. The van der Waals surface area contributed by atoms with Gasteiger partial charge in [0, 0.05) is 30.1 Å². The lowest BCUT2D eigenvalue weighted by atomic mass is 10.1. The fraction of sp³-hybridized carbons (Fsp3) is 0.308. The van der Waals surface area contributed by atoms with Gasteiger partial charge in [0.1, 0.15) is 12.1 Å².